The van der Waals surface area contributed by atoms with Crippen LogP contribution >= 0.6 is 27.5 Å². The molecule has 0 amide bonds. The number of alkyl halides is 1. The Labute approximate surface area is 90.2 Å². The van der Waals surface area contributed by atoms with Crippen LogP contribution in [0.1, 0.15) is 24.0 Å². The van der Waals surface area contributed by atoms with E-state index in [2.05, 4.69) is 15.9 Å². The molecule has 0 unspecified atom stereocenters. The Bertz CT molecular complexity index is 335. The van der Waals surface area contributed by atoms with Crippen molar-refractivity contribution in [3.63, 3.8) is 0 Å². The highest BCUT2D eigenvalue weighted by molar-refractivity contribution is 9.10. The first-order valence-electron chi connectivity index (χ1n) is 4.18. The summed E-state index contributed by atoms with van der Waals surface area (Å²) in [6, 6.07) is 3.58. The third kappa shape index (κ3) is 1.62. The second-order valence-corrected chi connectivity index (χ2v) is 4.75. The number of hydrogen-bond acceptors (Lipinski definition) is 0. The predicted octanol–water partition coefficient (Wildman–Crippen LogP) is 4.37. The van der Waals surface area contributed by atoms with Crippen molar-refractivity contribution in [2.75, 3.05) is 0 Å². The quantitative estimate of drug-likeness (QED) is 0.706. The van der Waals surface area contributed by atoms with Crippen molar-refractivity contribution < 1.29 is 4.39 Å². The maximum absolute atomic E-state index is 13.7. The van der Waals surface area contributed by atoms with Gasteiger partial charge in [0.1, 0.15) is 5.67 Å². The van der Waals surface area contributed by atoms with Crippen LogP contribution in [0.5, 0.6) is 0 Å². The van der Waals surface area contributed by atoms with E-state index in [1.54, 1.807) is 6.07 Å². The molecule has 0 aromatic heterocycles. The lowest BCUT2D eigenvalue weighted by atomic mass is 10.1. The zero-order valence-corrected chi connectivity index (χ0v) is 9.54. The van der Waals surface area contributed by atoms with E-state index in [-0.39, 0.29) is 0 Å². The summed E-state index contributed by atoms with van der Waals surface area (Å²) in [5.74, 6) is 0. The lowest BCUT2D eigenvalue weighted by molar-refractivity contribution is 0.317. The van der Waals surface area contributed by atoms with Crippen molar-refractivity contribution in [3.8, 4) is 0 Å². The average Bonchev–Trinajstić information content (AvgIpc) is 2.80. The SMILES string of the molecule is Cc1cc(C2(F)CC2)cc(Cl)c1Br. The molecule has 1 aromatic carbocycles. The molecule has 0 nitrogen and oxygen atoms in total. The summed E-state index contributed by atoms with van der Waals surface area (Å²) < 4.78 is 14.5. The second-order valence-electron chi connectivity index (χ2n) is 3.55. The van der Waals surface area contributed by atoms with Crippen LogP contribution in [-0.2, 0) is 5.67 Å². The number of halogens is 3. The van der Waals surface area contributed by atoms with Gasteiger partial charge in [0.05, 0.1) is 5.02 Å². The van der Waals surface area contributed by atoms with Gasteiger partial charge in [0.15, 0.2) is 0 Å². The van der Waals surface area contributed by atoms with Crippen LogP contribution in [0, 0.1) is 6.92 Å². The zero-order valence-electron chi connectivity index (χ0n) is 7.20. The van der Waals surface area contributed by atoms with Crippen molar-refractivity contribution in [1.82, 2.24) is 0 Å². The molecule has 0 spiro atoms. The van der Waals surface area contributed by atoms with Gasteiger partial charge in [-0.25, -0.2) is 4.39 Å². The Hall–Kier alpha value is -0.0800. The van der Waals surface area contributed by atoms with Crippen LogP contribution in [0.4, 0.5) is 4.39 Å². The Kier molecular flexibility index (Phi) is 2.16. The molecule has 0 N–H and O–H groups in total. The van der Waals surface area contributed by atoms with Crippen molar-refractivity contribution in [1.29, 1.82) is 0 Å². The lowest BCUT2D eigenvalue weighted by Crippen LogP contribution is -1.98. The Morgan fingerprint density at radius 1 is 1.46 bits per heavy atom. The van der Waals surface area contributed by atoms with Crippen LogP contribution in [0.25, 0.3) is 0 Å². The summed E-state index contributed by atoms with van der Waals surface area (Å²) >= 11 is 9.29. The molecule has 2 rings (SSSR count). The highest BCUT2D eigenvalue weighted by Gasteiger charge is 2.45. The van der Waals surface area contributed by atoms with E-state index in [0.717, 1.165) is 15.6 Å². The fourth-order valence-electron chi connectivity index (χ4n) is 1.38. The van der Waals surface area contributed by atoms with Crippen LogP contribution < -0.4 is 0 Å². The monoisotopic (exact) mass is 262 g/mol. The molecule has 0 atom stereocenters. The van der Waals surface area contributed by atoms with Crippen LogP contribution in [0.3, 0.4) is 0 Å². The van der Waals surface area contributed by atoms with E-state index in [1.165, 1.54) is 0 Å². The van der Waals surface area contributed by atoms with Crippen LogP contribution in [0.15, 0.2) is 16.6 Å². The largest absolute Gasteiger partial charge is 0.239 e. The Morgan fingerprint density at radius 3 is 2.54 bits per heavy atom. The highest BCUT2D eigenvalue weighted by Crippen LogP contribution is 2.50. The van der Waals surface area contributed by atoms with E-state index in [1.807, 2.05) is 13.0 Å². The summed E-state index contributed by atoms with van der Waals surface area (Å²) in [4.78, 5) is 0. The van der Waals surface area contributed by atoms with Gasteiger partial charge in [0, 0.05) is 4.47 Å². The third-order valence-electron chi connectivity index (χ3n) is 2.42. The van der Waals surface area contributed by atoms with Gasteiger partial charge in [-0.2, -0.15) is 0 Å². The van der Waals surface area contributed by atoms with Gasteiger partial charge in [0.2, 0.25) is 0 Å². The zero-order chi connectivity index (χ0) is 9.64. The molecule has 0 radical (unpaired) electrons. The van der Waals surface area contributed by atoms with E-state index >= 15 is 0 Å². The molecule has 1 fully saturated rings. The molecule has 0 bridgehead atoms. The molecule has 1 saturated carbocycles. The molecule has 70 valence electrons. The topological polar surface area (TPSA) is 0 Å². The van der Waals surface area contributed by atoms with Gasteiger partial charge in [-0.15, -0.1) is 0 Å². The minimum Gasteiger partial charge on any atom is -0.239 e. The van der Waals surface area contributed by atoms with Gasteiger partial charge in [-0.05, 0) is 52.9 Å². The minimum atomic E-state index is -1.09. The summed E-state index contributed by atoms with van der Waals surface area (Å²) in [6.07, 6.45) is 1.26. The molecule has 1 aromatic rings. The molecule has 1 aliphatic carbocycles. The van der Waals surface area contributed by atoms with E-state index < -0.39 is 5.67 Å². The Morgan fingerprint density at radius 2 is 2.08 bits per heavy atom. The maximum atomic E-state index is 13.7. The molecule has 0 aliphatic heterocycles. The summed E-state index contributed by atoms with van der Waals surface area (Å²) in [6.45, 7) is 1.92. The van der Waals surface area contributed by atoms with Gasteiger partial charge in [-0.1, -0.05) is 17.7 Å². The predicted molar refractivity (Wildman–Crippen MR) is 55.9 cm³/mol. The van der Waals surface area contributed by atoms with Crippen molar-refractivity contribution in [2.24, 2.45) is 0 Å². The average molecular weight is 264 g/mol. The number of hydrogen-bond donors (Lipinski definition) is 0. The molecule has 1 aliphatic rings. The van der Waals surface area contributed by atoms with Gasteiger partial charge in [-0.3, -0.25) is 0 Å². The first kappa shape index (κ1) is 9.47. The minimum absolute atomic E-state index is 0.596. The number of rotatable bonds is 1. The van der Waals surface area contributed by atoms with E-state index in [0.29, 0.717) is 17.9 Å². The van der Waals surface area contributed by atoms with Gasteiger partial charge >= 0.3 is 0 Å². The van der Waals surface area contributed by atoms with E-state index in [9.17, 15) is 4.39 Å². The van der Waals surface area contributed by atoms with Gasteiger partial charge in [0.25, 0.3) is 0 Å². The maximum Gasteiger partial charge on any atom is 0.136 e. The summed E-state index contributed by atoms with van der Waals surface area (Å²) in [5, 5.41) is 0.596. The first-order chi connectivity index (χ1) is 6.03. The molecule has 13 heavy (non-hydrogen) atoms. The van der Waals surface area contributed by atoms with Gasteiger partial charge < -0.3 is 0 Å². The molecule has 0 saturated heterocycles. The number of benzene rings is 1. The van der Waals surface area contributed by atoms with Crippen molar-refractivity contribution >= 4 is 27.5 Å². The summed E-state index contributed by atoms with van der Waals surface area (Å²) in [7, 11) is 0. The second kappa shape index (κ2) is 2.96. The third-order valence-corrected chi connectivity index (χ3v) is 4.00. The molecule has 3 heteroatoms. The Balaban J connectivity index is 2.50. The van der Waals surface area contributed by atoms with Crippen molar-refractivity contribution in [2.45, 2.75) is 25.4 Å². The first-order valence-corrected chi connectivity index (χ1v) is 5.35. The lowest BCUT2D eigenvalue weighted by Gasteiger charge is -2.09. The van der Waals surface area contributed by atoms with Crippen LogP contribution in [-0.4, -0.2) is 0 Å². The standard InChI is InChI=1S/C10H9BrClF/c1-6-4-7(10(13)2-3-10)5-8(12)9(6)11/h4-5H,2-3H2,1H3. The normalized spacial score (nSPS) is 18.8. The molecular weight excluding hydrogens is 254 g/mol. The smallest absolute Gasteiger partial charge is 0.136 e. The summed E-state index contributed by atoms with van der Waals surface area (Å²) in [5.41, 5.74) is 0.624. The van der Waals surface area contributed by atoms with E-state index in [4.69, 9.17) is 11.6 Å². The fraction of sp³-hybridized carbons (Fsp3) is 0.400. The van der Waals surface area contributed by atoms with Crippen LogP contribution in [0.2, 0.25) is 5.02 Å². The molecular formula is C10H9BrClF. The molecule has 0 heterocycles. The fourth-order valence-corrected chi connectivity index (χ4v) is 1.88. The van der Waals surface area contributed by atoms with Crippen molar-refractivity contribution in [3.05, 3.63) is 32.8 Å². The number of aryl methyl sites for hydroxylation is 1. The highest BCUT2D eigenvalue weighted by atomic mass is 79.9.